The average molecular weight is 316 g/mol. The molecule has 23 heavy (non-hydrogen) atoms. The van der Waals surface area contributed by atoms with Crippen molar-refractivity contribution >= 4 is 5.91 Å². The van der Waals surface area contributed by atoms with Crippen molar-refractivity contribution in [3.8, 4) is 0 Å². The van der Waals surface area contributed by atoms with E-state index >= 15 is 0 Å². The molecule has 0 radical (unpaired) electrons. The van der Waals surface area contributed by atoms with Crippen LogP contribution in [0.3, 0.4) is 0 Å². The van der Waals surface area contributed by atoms with Gasteiger partial charge in [0.1, 0.15) is 17.7 Å². The molecule has 1 aliphatic heterocycles. The molecule has 1 atom stereocenters. The highest BCUT2D eigenvalue weighted by Crippen LogP contribution is 2.18. The largest absolute Gasteiger partial charge is 0.375 e. The molecule has 7 nitrogen and oxygen atoms in total. The van der Waals surface area contributed by atoms with E-state index < -0.39 is 0 Å². The van der Waals surface area contributed by atoms with Gasteiger partial charge in [0.25, 0.3) is 5.91 Å². The molecule has 7 heteroatoms. The molecule has 0 saturated carbocycles. The fourth-order valence-corrected chi connectivity index (χ4v) is 2.80. The monoisotopic (exact) mass is 316 g/mol. The Morgan fingerprint density at radius 2 is 2.30 bits per heavy atom. The van der Waals surface area contributed by atoms with Gasteiger partial charge < -0.3 is 14.2 Å². The Balaban J connectivity index is 1.61. The first-order valence-electron chi connectivity index (χ1n) is 7.74. The van der Waals surface area contributed by atoms with Gasteiger partial charge in [0.15, 0.2) is 0 Å². The zero-order chi connectivity index (χ0) is 16.2. The maximum Gasteiger partial charge on any atom is 0.259 e. The summed E-state index contributed by atoms with van der Waals surface area (Å²) in [5.74, 6) is 0.535. The number of amides is 1. The van der Waals surface area contributed by atoms with Gasteiger partial charge in [-0.3, -0.25) is 4.79 Å². The van der Waals surface area contributed by atoms with Gasteiger partial charge in [-0.2, -0.15) is 0 Å². The second-order valence-electron chi connectivity index (χ2n) is 5.68. The quantitative estimate of drug-likeness (QED) is 0.851. The van der Waals surface area contributed by atoms with E-state index in [2.05, 4.69) is 15.1 Å². The van der Waals surface area contributed by atoms with Crippen molar-refractivity contribution in [1.82, 2.24) is 20.0 Å². The zero-order valence-corrected chi connectivity index (χ0v) is 13.4. The van der Waals surface area contributed by atoms with Crippen molar-refractivity contribution in [2.45, 2.75) is 32.8 Å². The molecule has 2 aromatic rings. The van der Waals surface area contributed by atoms with Crippen molar-refractivity contribution in [1.29, 1.82) is 0 Å². The predicted molar refractivity (Wildman–Crippen MR) is 82.0 cm³/mol. The molecule has 0 unspecified atom stereocenters. The standard InChI is InChI=1S/C16H20N4O3/c1-11-15(12(2)23-19-11)16(21)20-7-8-22-14(9-20)4-3-13-5-6-17-10-18-13/h5-6,10,14H,3-4,7-9H2,1-2H3/t14-/m0/s1. The third-order valence-corrected chi connectivity index (χ3v) is 4.04. The van der Waals surface area contributed by atoms with Crippen molar-refractivity contribution in [2.75, 3.05) is 19.7 Å². The molecule has 1 fully saturated rings. The van der Waals surface area contributed by atoms with Gasteiger partial charge in [-0.05, 0) is 32.8 Å². The summed E-state index contributed by atoms with van der Waals surface area (Å²) in [4.78, 5) is 22.6. The van der Waals surface area contributed by atoms with Crippen LogP contribution >= 0.6 is 0 Å². The first-order valence-corrected chi connectivity index (χ1v) is 7.74. The molecule has 0 bridgehead atoms. The minimum absolute atomic E-state index is 0.0168. The van der Waals surface area contributed by atoms with Crippen LogP contribution in [-0.4, -0.2) is 51.7 Å². The van der Waals surface area contributed by atoms with Gasteiger partial charge in [0.05, 0.1) is 18.4 Å². The first kappa shape index (κ1) is 15.6. The summed E-state index contributed by atoms with van der Waals surface area (Å²) in [6, 6.07) is 1.90. The number of rotatable bonds is 4. The molecule has 0 spiro atoms. The van der Waals surface area contributed by atoms with Gasteiger partial charge in [-0.1, -0.05) is 5.16 Å². The highest BCUT2D eigenvalue weighted by atomic mass is 16.5. The lowest BCUT2D eigenvalue weighted by Gasteiger charge is -2.33. The van der Waals surface area contributed by atoms with Crippen LogP contribution < -0.4 is 0 Å². The van der Waals surface area contributed by atoms with Crippen LogP contribution in [0.1, 0.15) is 33.9 Å². The van der Waals surface area contributed by atoms with Gasteiger partial charge >= 0.3 is 0 Å². The second kappa shape index (κ2) is 6.87. The van der Waals surface area contributed by atoms with Crippen molar-refractivity contribution in [2.24, 2.45) is 0 Å². The maximum absolute atomic E-state index is 12.7. The van der Waals surface area contributed by atoms with Crippen LogP contribution in [0.5, 0.6) is 0 Å². The molecule has 1 saturated heterocycles. The third-order valence-electron chi connectivity index (χ3n) is 4.04. The summed E-state index contributed by atoms with van der Waals surface area (Å²) in [6.45, 7) is 5.27. The second-order valence-corrected chi connectivity index (χ2v) is 5.68. The van der Waals surface area contributed by atoms with Gasteiger partial charge in [0.2, 0.25) is 0 Å². The lowest BCUT2D eigenvalue weighted by Crippen LogP contribution is -2.46. The summed E-state index contributed by atoms with van der Waals surface area (Å²) in [5, 5.41) is 3.86. The Morgan fingerprint density at radius 3 is 3.00 bits per heavy atom. The number of hydrogen-bond acceptors (Lipinski definition) is 6. The smallest absolute Gasteiger partial charge is 0.259 e. The van der Waals surface area contributed by atoms with Crippen LogP contribution in [0.4, 0.5) is 0 Å². The van der Waals surface area contributed by atoms with E-state index in [1.807, 2.05) is 11.0 Å². The summed E-state index contributed by atoms with van der Waals surface area (Å²) < 4.78 is 10.9. The maximum atomic E-state index is 12.7. The zero-order valence-electron chi connectivity index (χ0n) is 13.4. The normalized spacial score (nSPS) is 18.2. The Kier molecular flexibility index (Phi) is 4.66. The Morgan fingerprint density at radius 1 is 1.43 bits per heavy atom. The van der Waals surface area contributed by atoms with Crippen LogP contribution in [0, 0.1) is 13.8 Å². The summed E-state index contributed by atoms with van der Waals surface area (Å²) in [5.41, 5.74) is 2.19. The summed E-state index contributed by atoms with van der Waals surface area (Å²) >= 11 is 0. The molecule has 122 valence electrons. The fraction of sp³-hybridized carbons (Fsp3) is 0.500. The molecular formula is C16H20N4O3. The Hall–Kier alpha value is -2.28. The number of carbonyl (C=O) groups is 1. The topological polar surface area (TPSA) is 81.4 Å². The van der Waals surface area contributed by atoms with Gasteiger partial charge in [-0.25, -0.2) is 9.97 Å². The molecule has 3 rings (SSSR count). The lowest BCUT2D eigenvalue weighted by molar-refractivity contribution is -0.0247. The van der Waals surface area contributed by atoms with Crippen molar-refractivity contribution < 1.29 is 14.1 Å². The number of aryl methyl sites for hydroxylation is 3. The highest BCUT2D eigenvalue weighted by molar-refractivity contribution is 5.96. The first-order chi connectivity index (χ1) is 11.1. The van der Waals surface area contributed by atoms with E-state index in [9.17, 15) is 4.79 Å². The molecule has 0 N–H and O–H groups in total. The van der Waals surface area contributed by atoms with Crippen molar-refractivity contribution in [3.05, 3.63) is 41.3 Å². The molecule has 1 aliphatic rings. The number of hydrogen-bond donors (Lipinski definition) is 0. The summed E-state index contributed by atoms with van der Waals surface area (Å²) in [7, 11) is 0. The SMILES string of the molecule is Cc1noc(C)c1C(=O)N1CCO[C@@H](CCc2ccncn2)C1. The van der Waals surface area contributed by atoms with E-state index in [1.165, 1.54) is 0 Å². The van der Waals surface area contributed by atoms with Crippen LogP contribution in [0.25, 0.3) is 0 Å². The fourth-order valence-electron chi connectivity index (χ4n) is 2.80. The number of carbonyl (C=O) groups excluding carboxylic acids is 1. The number of aromatic nitrogens is 3. The average Bonchev–Trinajstić information content (AvgIpc) is 2.92. The lowest BCUT2D eigenvalue weighted by atomic mass is 10.1. The minimum atomic E-state index is -0.0309. The summed E-state index contributed by atoms with van der Waals surface area (Å²) in [6.07, 6.45) is 4.92. The number of morpholine rings is 1. The van der Waals surface area contributed by atoms with E-state index in [1.54, 1.807) is 26.4 Å². The molecule has 0 aromatic carbocycles. The number of ether oxygens (including phenoxy) is 1. The highest BCUT2D eigenvalue weighted by Gasteiger charge is 2.28. The van der Waals surface area contributed by atoms with Crippen LogP contribution in [-0.2, 0) is 11.2 Å². The van der Waals surface area contributed by atoms with Crippen LogP contribution in [0.15, 0.2) is 23.1 Å². The number of nitrogens with zero attached hydrogens (tertiary/aromatic N) is 4. The molecular weight excluding hydrogens is 296 g/mol. The molecule has 3 heterocycles. The van der Waals surface area contributed by atoms with E-state index in [4.69, 9.17) is 9.26 Å². The van der Waals surface area contributed by atoms with E-state index in [0.717, 1.165) is 18.5 Å². The molecule has 1 amide bonds. The molecule has 2 aromatic heterocycles. The Labute approximate surface area is 134 Å². The Bertz CT molecular complexity index is 652. The predicted octanol–water partition coefficient (Wildman–Crippen LogP) is 1.56. The minimum Gasteiger partial charge on any atom is -0.375 e. The van der Waals surface area contributed by atoms with Crippen LogP contribution in [0.2, 0.25) is 0 Å². The molecule has 0 aliphatic carbocycles. The third kappa shape index (κ3) is 3.56. The van der Waals surface area contributed by atoms with E-state index in [-0.39, 0.29) is 12.0 Å². The van der Waals surface area contributed by atoms with Crippen molar-refractivity contribution in [3.63, 3.8) is 0 Å². The van der Waals surface area contributed by atoms with E-state index in [0.29, 0.717) is 36.7 Å². The van der Waals surface area contributed by atoms with Gasteiger partial charge in [0, 0.05) is 25.0 Å². The van der Waals surface area contributed by atoms with Gasteiger partial charge in [-0.15, -0.1) is 0 Å².